The first-order chi connectivity index (χ1) is 14.9. The first kappa shape index (κ1) is 20.1. The maximum absolute atomic E-state index is 12.6. The summed E-state index contributed by atoms with van der Waals surface area (Å²) in [5, 5.41) is 12.7. The molecule has 2 aromatic carbocycles. The molecule has 0 spiro atoms. The highest BCUT2D eigenvalue weighted by atomic mass is 16.4. The summed E-state index contributed by atoms with van der Waals surface area (Å²) in [6, 6.07) is 17.7. The summed E-state index contributed by atoms with van der Waals surface area (Å²) in [6.45, 7) is 0.276. The summed E-state index contributed by atoms with van der Waals surface area (Å²) < 4.78 is 2.83. The topological polar surface area (TPSA) is 122 Å². The van der Waals surface area contributed by atoms with E-state index in [1.807, 2.05) is 60.7 Å². The number of aryl methyl sites for hydroxylation is 1. The van der Waals surface area contributed by atoms with Gasteiger partial charge in [0.05, 0.1) is 6.54 Å². The van der Waals surface area contributed by atoms with Crippen molar-refractivity contribution in [3.8, 4) is 0 Å². The van der Waals surface area contributed by atoms with Crippen LogP contribution in [0.3, 0.4) is 0 Å². The molecule has 0 saturated heterocycles. The number of carboxylic acid groups (broad SMARTS) is 1. The Balaban J connectivity index is 1.81. The summed E-state index contributed by atoms with van der Waals surface area (Å²) in [5.74, 6) is -0.848. The lowest BCUT2D eigenvalue weighted by atomic mass is 10.1. The lowest BCUT2D eigenvalue weighted by Crippen LogP contribution is -2.33. The number of hydrogen-bond donors (Lipinski definition) is 3. The molecule has 9 heteroatoms. The lowest BCUT2D eigenvalue weighted by molar-refractivity contribution is -0.137. The van der Waals surface area contributed by atoms with Crippen LogP contribution in [-0.2, 0) is 24.8 Å². The number of carbonyl (C=O) groups is 1. The van der Waals surface area contributed by atoms with Crippen molar-refractivity contribution in [3.63, 3.8) is 0 Å². The minimum atomic E-state index is -1.05. The van der Waals surface area contributed by atoms with Crippen molar-refractivity contribution in [1.29, 1.82) is 0 Å². The maximum atomic E-state index is 12.6. The zero-order chi connectivity index (χ0) is 22.0. The van der Waals surface area contributed by atoms with Gasteiger partial charge in [-0.25, -0.2) is 9.59 Å². The second-order valence-electron chi connectivity index (χ2n) is 7.22. The Kier molecular flexibility index (Phi) is 5.40. The standard InChI is InChI=1S/C22H21N5O4/c1-26-18-17(19(28)25-22(26)31)27(13-15-10-6-3-7-11-15)21(24-18)23-16(20(29)30)12-14-8-4-2-5-9-14/h2-11,16H,12-13H2,1H3,(H,23,24)(H,29,30)(H,25,28,31). The van der Waals surface area contributed by atoms with Crippen LogP contribution in [0.5, 0.6) is 0 Å². The molecule has 0 aliphatic rings. The highest BCUT2D eigenvalue weighted by molar-refractivity contribution is 5.79. The SMILES string of the molecule is Cn1c(=O)[nH]c(=O)c2c1nc(NC(Cc1ccccc1)C(=O)O)n2Cc1ccccc1. The van der Waals surface area contributed by atoms with Crippen molar-refractivity contribution in [1.82, 2.24) is 19.1 Å². The molecule has 0 radical (unpaired) electrons. The van der Waals surface area contributed by atoms with Crippen molar-refractivity contribution in [2.45, 2.75) is 19.0 Å². The largest absolute Gasteiger partial charge is 0.480 e. The van der Waals surface area contributed by atoms with Crippen molar-refractivity contribution in [3.05, 3.63) is 92.6 Å². The molecule has 9 nitrogen and oxygen atoms in total. The van der Waals surface area contributed by atoms with Crippen molar-refractivity contribution in [2.24, 2.45) is 7.05 Å². The fourth-order valence-corrected chi connectivity index (χ4v) is 3.47. The van der Waals surface area contributed by atoms with E-state index in [1.165, 1.54) is 11.6 Å². The minimum Gasteiger partial charge on any atom is -0.480 e. The zero-order valence-corrected chi connectivity index (χ0v) is 16.8. The maximum Gasteiger partial charge on any atom is 0.329 e. The van der Waals surface area contributed by atoms with E-state index in [0.29, 0.717) is 0 Å². The lowest BCUT2D eigenvalue weighted by Gasteiger charge is -2.17. The molecule has 0 aliphatic heterocycles. The molecule has 2 aromatic heterocycles. The third-order valence-electron chi connectivity index (χ3n) is 5.07. The van der Waals surface area contributed by atoms with Crippen LogP contribution in [0.4, 0.5) is 5.95 Å². The van der Waals surface area contributed by atoms with Gasteiger partial charge in [0.1, 0.15) is 6.04 Å². The predicted octanol–water partition coefficient (Wildman–Crippen LogP) is 1.58. The van der Waals surface area contributed by atoms with Crippen LogP contribution in [0, 0.1) is 0 Å². The molecule has 1 unspecified atom stereocenters. The second kappa shape index (κ2) is 8.31. The van der Waals surface area contributed by atoms with E-state index in [2.05, 4.69) is 15.3 Å². The van der Waals surface area contributed by atoms with Crippen molar-refractivity contribution < 1.29 is 9.90 Å². The van der Waals surface area contributed by atoms with Gasteiger partial charge in [-0.2, -0.15) is 4.98 Å². The Morgan fingerprint density at radius 1 is 1.06 bits per heavy atom. The van der Waals surface area contributed by atoms with Crippen LogP contribution in [0.2, 0.25) is 0 Å². The number of H-pyrrole nitrogens is 1. The Labute approximate surface area is 176 Å². The van der Waals surface area contributed by atoms with Gasteiger partial charge in [0.2, 0.25) is 5.95 Å². The number of benzene rings is 2. The molecule has 31 heavy (non-hydrogen) atoms. The number of imidazole rings is 1. The van der Waals surface area contributed by atoms with Crippen LogP contribution >= 0.6 is 0 Å². The van der Waals surface area contributed by atoms with Gasteiger partial charge in [0, 0.05) is 13.5 Å². The van der Waals surface area contributed by atoms with E-state index >= 15 is 0 Å². The number of aromatic nitrogens is 4. The molecule has 3 N–H and O–H groups in total. The molecule has 0 amide bonds. The quantitative estimate of drug-likeness (QED) is 0.418. The van der Waals surface area contributed by atoms with Gasteiger partial charge < -0.3 is 10.4 Å². The molecule has 0 saturated carbocycles. The van der Waals surface area contributed by atoms with Crippen LogP contribution in [0.15, 0.2) is 70.3 Å². The molecular weight excluding hydrogens is 398 g/mol. The molecule has 0 aliphatic carbocycles. The molecule has 0 fully saturated rings. The third-order valence-corrected chi connectivity index (χ3v) is 5.07. The monoisotopic (exact) mass is 419 g/mol. The smallest absolute Gasteiger partial charge is 0.329 e. The van der Waals surface area contributed by atoms with Crippen molar-refractivity contribution >= 4 is 23.1 Å². The average Bonchev–Trinajstić information content (AvgIpc) is 3.11. The van der Waals surface area contributed by atoms with E-state index in [1.54, 1.807) is 4.57 Å². The number of anilines is 1. The van der Waals surface area contributed by atoms with Gasteiger partial charge in [-0.05, 0) is 11.1 Å². The fourth-order valence-electron chi connectivity index (χ4n) is 3.47. The van der Waals surface area contributed by atoms with Crippen molar-refractivity contribution in [2.75, 3.05) is 5.32 Å². The summed E-state index contributed by atoms with van der Waals surface area (Å²) in [5.41, 5.74) is 0.941. The molecule has 4 rings (SSSR count). The number of nitrogens with zero attached hydrogens (tertiary/aromatic N) is 3. The second-order valence-corrected chi connectivity index (χ2v) is 7.22. The summed E-state index contributed by atoms with van der Waals surface area (Å²) in [7, 11) is 1.50. The fraction of sp³-hybridized carbons (Fsp3) is 0.182. The highest BCUT2D eigenvalue weighted by Gasteiger charge is 2.23. The number of rotatable bonds is 7. The van der Waals surface area contributed by atoms with Gasteiger partial charge in [-0.3, -0.25) is 18.9 Å². The number of aliphatic carboxylic acids is 1. The van der Waals surface area contributed by atoms with Crippen LogP contribution < -0.4 is 16.6 Å². The number of carboxylic acids is 1. The van der Waals surface area contributed by atoms with Crippen LogP contribution in [0.1, 0.15) is 11.1 Å². The highest BCUT2D eigenvalue weighted by Crippen LogP contribution is 2.19. The molecular formula is C22H21N5O4. The number of hydrogen-bond acceptors (Lipinski definition) is 5. The molecule has 0 bridgehead atoms. The number of aromatic amines is 1. The van der Waals surface area contributed by atoms with Gasteiger partial charge in [0.25, 0.3) is 5.56 Å². The van der Waals surface area contributed by atoms with E-state index in [-0.39, 0.29) is 30.1 Å². The normalized spacial score (nSPS) is 12.0. The molecule has 2 heterocycles. The first-order valence-corrected chi connectivity index (χ1v) is 9.71. The predicted molar refractivity (Wildman–Crippen MR) is 116 cm³/mol. The summed E-state index contributed by atoms with van der Waals surface area (Å²) in [6.07, 6.45) is 0.222. The molecule has 158 valence electrons. The van der Waals surface area contributed by atoms with Crippen LogP contribution in [0.25, 0.3) is 11.2 Å². The van der Waals surface area contributed by atoms with Gasteiger partial charge >= 0.3 is 11.7 Å². The Morgan fingerprint density at radius 3 is 2.29 bits per heavy atom. The molecule has 4 aromatic rings. The van der Waals surface area contributed by atoms with E-state index in [4.69, 9.17) is 0 Å². The third kappa shape index (κ3) is 4.11. The zero-order valence-electron chi connectivity index (χ0n) is 16.8. The first-order valence-electron chi connectivity index (χ1n) is 9.71. The van der Waals surface area contributed by atoms with Crippen LogP contribution in [-0.4, -0.2) is 36.2 Å². The van der Waals surface area contributed by atoms with E-state index in [9.17, 15) is 19.5 Å². The van der Waals surface area contributed by atoms with E-state index < -0.39 is 23.3 Å². The van der Waals surface area contributed by atoms with Gasteiger partial charge in [-0.15, -0.1) is 0 Å². The summed E-state index contributed by atoms with van der Waals surface area (Å²) in [4.78, 5) is 43.3. The number of fused-ring (bicyclic) bond motifs is 1. The Hall–Kier alpha value is -4.14. The summed E-state index contributed by atoms with van der Waals surface area (Å²) >= 11 is 0. The number of nitrogens with one attached hydrogen (secondary N) is 2. The van der Waals surface area contributed by atoms with Gasteiger partial charge in [-0.1, -0.05) is 60.7 Å². The molecule has 1 atom stereocenters. The van der Waals surface area contributed by atoms with E-state index in [0.717, 1.165) is 11.1 Å². The average molecular weight is 419 g/mol. The van der Waals surface area contributed by atoms with Gasteiger partial charge in [0.15, 0.2) is 11.2 Å². The minimum absolute atomic E-state index is 0.177. The Morgan fingerprint density at radius 2 is 1.68 bits per heavy atom. The Bertz CT molecular complexity index is 1340.